The number of nitrogens with one attached hydrogen (secondary N) is 1. The van der Waals surface area contributed by atoms with Crippen LogP contribution in [0.4, 0.5) is 0 Å². The minimum absolute atomic E-state index is 0.00566. The number of ether oxygens (including phenoxy) is 3. The van der Waals surface area contributed by atoms with Crippen LogP contribution in [0.5, 0.6) is 0 Å². The summed E-state index contributed by atoms with van der Waals surface area (Å²) in [5.74, 6) is -0.369. The summed E-state index contributed by atoms with van der Waals surface area (Å²) in [7, 11) is 0. The molecule has 210 valence electrons. The zero-order valence-corrected chi connectivity index (χ0v) is 23.1. The number of amides is 1. The largest absolute Gasteiger partial charge is 0.457 e. The molecule has 0 aromatic rings. The molecule has 0 aromatic carbocycles. The molecule has 0 aromatic heterocycles. The van der Waals surface area contributed by atoms with E-state index in [1.54, 1.807) is 23.7 Å². The molecule has 38 heavy (non-hydrogen) atoms. The average molecular weight is 528 g/mol. The molecule has 4 bridgehead atoms. The van der Waals surface area contributed by atoms with Crippen LogP contribution in [-0.2, 0) is 23.8 Å². The van der Waals surface area contributed by atoms with E-state index in [1.807, 2.05) is 18.2 Å². The van der Waals surface area contributed by atoms with Crippen LogP contribution in [0.3, 0.4) is 0 Å². The Hall–Kier alpha value is -2.48. The fourth-order valence-electron chi connectivity index (χ4n) is 5.43. The zero-order valence-electron chi connectivity index (χ0n) is 23.1. The molecule has 1 amide bonds. The first-order chi connectivity index (χ1) is 18.4. The van der Waals surface area contributed by atoms with Gasteiger partial charge in [0.2, 0.25) is 5.91 Å². The van der Waals surface area contributed by atoms with E-state index in [9.17, 15) is 9.59 Å². The number of hydrogen-bond acceptors (Lipinski definition) is 6. The van der Waals surface area contributed by atoms with E-state index < -0.39 is 12.0 Å². The van der Waals surface area contributed by atoms with Crippen molar-refractivity contribution in [2.75, 3.05) is 0 Å². The third kappa shape index (κ3) is 10.4. The highest BCUT2D eigenvalue weighted by atomic mass is 16.5. The van der Waals surface area contributed by atoms with E-state index in [-0.39, 0.29) is 49.1 Å². The number of hydroxylamine groups is 1. The second-order valence-electron chi connectivity index (χ2n) is 10.8. The number of esters is 1. The molecule has 3 aliphatic rings. The summed E-state index contributed by atoms with van der Waals surface area (Å²) in [6.45, 7) is 6.34. The van der Waals surface area contributed by atoms with Gasteiger partial charge in [0.25, 0.3) is 0 Å². The Morgan fingerprint density at radius 1 is 0.974 bits per heavy atom. The predicted molar refractivity (Wildman–Crippen MR) is 147 cm³/mol. The van der Waals surface area contributed by atoms with Gasteiger partial charge in [-0.05, 0) is 57.4 Å². The lowest BCUT2D eigenvalue weighted by Crippen LogP contribution is -2.37. The van der Waals surface area contributed by atoms with Gasteiger partial charge in [0, 0.05) is 18.8 Å². The average Bonchev–Trinajstić information content (AvgIpc) is 2.89. The molecule has 2 saturated heterocycles. The molecule has 0 saturated carbocycles. The van der Waals surface area contributed by atoms with Gasteiger partial charge in [-0.15, -0.1) is 0 Å². The van der Waals surface area contributed by atoms with Crippen molar-refractivity contribution in [1.29, 1.82) is 0 Å². The van der Waals surface area contributed by atoms with E-state index >= 15 is 0 Å². The van der Waals surface area contributed by atoms with E-state index in [4.69, 9.17) is 19.4 Å². The molecule has 3 rings (SSSR count). The smallest absolute Gasteiger partial charge is 0.309 e. The van der Waals surface area contributed by atoms with Crippen molar-refractivity contribution in [3.63, 3.8) is 0 Å². The summed E-state index contributed by atoms with van der Waals surface area (Å²) in [6, 6.07) is 0. The Kier molecular flexibility index (Phi) is 12.5. The van der Waals surface area contributed by atoms with Gasteiger partial charge in [0.1, 0.15) is 6.10 Å². The third-order valence-electron chi connectivity index (χ3n) is 7.49. The van der Waals surface area contributed by atoms with Crippen LogP contribution >= 0.6 is 0 Å². The van der Waals surface area contributed by atoms with Crippen LogP contribution < -0.4 is 5.48 Å². The van der Waals surface area contributed by atoms with Crippen molar-refractivity contribution in [2.24, 2.45) is 11.8 Å². The molecular weight excluding hydrogens is 482 g/mol. The van der Waals surface area contributed by atoms with Crippen molar-refractivity contribution < 1.29 is 29.0 Å². The number of hydrogen-bond donors (Lipinski definition) is 2. The molecule has 7 atom stereocenters. The Morgan fingerprint density at radius 3 is 2.45 bits per heavy atom. The summed E-state index contributed by atoms with van der Waals surface area (Å²) in [5.41, 5.74) is 2.93. The first-order valence-electron chi connectivity index (χ1n) is 14.1. The van der Waals surface area contributed by atoms with Crippen molar-refractivity contribution in [1.82, 2.24) is 5.48 Å². The topological polar surface area (TPSA) is 94.1 Å². The summed E-state index contributed by atoms with van der Waals surface area (Å²) in [6.07, 6.45) is 24.4. The fourth-order valence-corrected chi connectivity index (χ4v) is 5.43. The van der Waals surface area contributed by atoms with Crippen LogP contribution in [0.25, 0.3) is 0 Å². The summed E-state index contributed by atoms with van der Waals surface area (Å²) < 4.78 is 18.9. The maximum atomic E-state index is 13.0. The van der Waals surface area contributed by atoms with Gasteiger partial charge in [-0.3, -0.25) is 14.8 Å². The number of rotatable bonds is 5. The lowest BCUT2D eigenvalue weighted by Gasteiger charge is -2.37. The molecule has 7 unspecified atom stereocenters. The van der Waals surface area contributed by atoms with Crippen molar-refractivity contribution in [2.45, 2.75) is 109 Å². The first-order valence-corrected chi connectivity index (χ1v) is 14.1. The third-order valence-corrected chi connectivity index (χ3v) is 7.49. The minimum Gasteiger partial charge on any atom is -0.457 e. The number of cyclic esters (lactones) is 1. The Labute approximate surface area is 227 Å². The van der Waals surface area contributed by atoms with Crippen molar-refractivity contribution in [3.05, 3.63) is 60.3 Å². The number of carbonyl (C=O) groups excluding carboxylic acids is 2. The van der Waals surface area contributed by atoms with Gasteiger partial charge in [-0.2, -0.15) is 0 Å². The summed E-state index contributed by atoms with van der Waals surface area (Å²) in [4.78, 5) is 24.1. The molecule has 0 spiro atoms. The zero-order chi connectivity index (χ0) is 27.3. The second-order valence-corrected chi connectivity index (χ2v) is 10.8. The van der Waals surface area contributed by atoms with Gasteiger partial charge in [0.05, 0.1) is 30.8 Å². The molecule has 3 heterocycles. The molecular formula is C31H45NO6. The van der Waals surface area contributed by atoms with E-state index in [2.05, 4.69) is 39.0 Å². The van der Waals surface area contributed by atoms with E-state index in [1.165, 1.54) is 12.0 Å². The highest BCUT2D eigenvalue weighted by Crippen LogP contribution is 2.33. The summed E-state index contributed by atoms with van der Waals surface area (Å²) in [5, 5.41) is 8.54. The monoisotopic (exact) mass is 527 g/mol. The second kappa shape index (κ2) is 15.8. The maximum absolute atomic E-state index is 13.0. The Balaban J connectivity index is 1.74. The van der Waals surface area contributed by atoms with Crippen LogP contribution in [0.1, 0.15) is 78.6 Å². The number of fused-ring (bicyclic) bond motifs is 4. The highest BCUT2D eigenvalue weighted by Gasteiger charge is 2.32. The van der Waals surface area contributed by atoms with Gasteiger partial charge < -0.3 is 14.2 Å². The Morgan fingerprint density at radius 2 is 1.68 bits per heavy atom. The van der Waals surface area contributed by atoms with Crippen LogP contribution in [0.2, 0.25) is 0 Å². The maximum Gasteiger partial charge on any atom is 0.309 e. The van der Waals surface area contributed by atoms with Gasteiger partial charge >= 0.3 is 5.97 Å². The standard InChI is InChI=1S/C31H45NO6/c1-4-24-18-27-20-26-12-10-11-25(36-26)17-22(2)15-16-23(3)29(38-31(34)21-28(19-24)37-27)13-8-6-5-7-9-14-30(33)32-35/h4-9,13,15-16,22-23,25-29,35H,10-12,14,17-21H2,1-3H3,(H,32,33)/b6-5-,9-7+,13-8+,16-15+,24-4-. The molecule has 0 aliphatic carbocycles. The molecule has 3 aliphatic heterocycles. The SMILES string of the molecule is C/C=C1\CC2CC(=O)OC(/C=C/C=C\C=C\CC(=O)NO)C(C)/C=C/C(C)CC3CCCC(CC(C1)O2)O3. The molecule has 7 heteroatoms. The lowest BCUT2D eigenvalue weighted by atomic mass is 9.90. The first kappa shape index (κ1) is 30.1. The van der Waals surface area contributed by atoms with Crippen molar-refractivity contribution >= 4 is 11.9 Å². The van der Waals surface area contributed by atoms with E-state index in [0.29, 0.717) is 5.92 Å². The minimum atomic E-state index is -0.470. The lowest BCUT2D eigenvalue weighted by molar-refractivity contribution is -0.154. The number of allylic oxidation sites excluding steroid dienone is 6. The van der Waals surface area contributed by atoms with Gasteiger partial charge in [-0.25, -0.2) is 5.48 Å². The Bertz CT molecular complexity index is 919. The van der Waals surface area contributed by atoms with Crippen LogP contribution in [0, 0.1) is 11.8 Å². The van der Waals surface area contributed by atoms with Crippen LogP contribution in [0.15, 0.2) is 60.3 Å². The molecule has 2 fully saturated rings. The van der Waals surface area contributed by atoms with Gasteiger partial charge in [0.15, 0.2) is 0 Å². The van der Waals surface area contributed by atoms with Crippen molar-refractivity contribution in [3.8, 4) is 0 Å². The predicted octanol–water partition coefficient (Wildman–Crippen LogP) is 5.91. The van der Waals surface area contributed by atoms with Gasteiger partial charge in [-0.1, -0.05) is 68.0 Å². The molecule has 0 radical (unpaired) electrons. The summed E-state index contributed by atoms with van der Waals surface area (Å²) >= 11 is 0. The molecule has 2 N–H and O–H groups in total. The fraction of sp³-hybridized carbons (Fsp3) is 0.613. The quantitative estimate of drug-likeness (QED) is 0.152. The number of carbonyl (C=O) groups is 2. The normalized spacial score (nSPS) is 35.5. The van der Waals surface area contributed by atoms with E-state index in [0.717, 1.165) is 38.5 Å². The highest BCUT2D eigenvalue weighted by molar-refractivity contribution is 5.76. The molecule has 7 nitrogen and oxygen atoms in total. The van der Waals surface area contributed by atoms with Crippen LogP contribution in [-0.4, -0.2) is 47.6 Å².